The van der Waals surface area contributed by atoms with Crippen molar-refractivity contribution in [1.29, 1.82) is 0 Å². The topological polar surface area (TPSA) is 68.5 Å². The number of carbonyl (C=O) groups is 1. The van der Waals surface area contributed by atoms with Crippen molar-refractivity contribution in [2.45, 2.75) is 18.8 Å². The van der Waals surface area contributed by atoms with Crippen molar-refractivity contribution in [3.8, 4) is 10.7 Å². The number of rotatable bonds is 4. The Morgan fingerprint density at radius 2 is 2.36 bits per heavy atom. The van der Waals surface area contributed by atoms with Crippen molar-refractivity contribution in [1.82, 2.24) is 15.0 Å². The van der Waals surface area contributed by atoms with Crippen LogP contribution < -0.4 is 0 Å². The second-order valence-electron chi connectivity index (χ2n) is 5.06. The predicted octanol–water partition coefficient (Wildman–Crippen LogP) is 3.30. The molecule has 0 radical (unpaired) electrons. The molecule has 1 amide bonds. The highest BCUT2D eigenvalue weighted by atomic mass is 32.1. The quantitative estimate of drug-likeness (QED) is 0.809. The number of piperidine rings is 1. The molecule has 0 aliphatic carbocycles. The number of thiophene rings is 1. The largest absolute Gasteiger partial charge is 0.445 e. The van der Waals surface area contributed by atoms with E-state index in [1.807, 2.05) is 17.5 Å². The van der Waals surface area contributed by atoms with Crippen LogP contribution in [0.15, 0.2) is 34.7 Å². The fraction of sp³-hybridized carbons (Fsp3) is 0.400. The molecule has 2 aromatic rings. The molecule has 0 spiro atoms. The van der Waals surface area contributed by atoms with Crippen LogP contribution in [-0.4, -0.2) is 40.8 Å². The molecule has 1 fully saturated rings. The Kier molecular flexibility index (Phi) is 4.53. The molecule has 3 rings (SSSR count). The van der Waals surface area contributed by atoms with Crippen LogP contribution >= 0.6 is 11.3 Å². The van der Waals surface area contributed by atoms with Crippen molar-refractivity contribution in [2.75, 3.05) is 19.7 Å². The lowest BCUT2D eigenvalue weighted by atomic mass is 9.97. The fourth-order valence-corrected chi connectivity index (χ4v) is 3.09. The maximum Gasteiger partial charge on any atom is 0.410 e. The summed E-state index contributed by atoms with van der Waals surface area (Å²) < 4.78 is 10.4. The van der Waals surface area contributed by atoms with Gasteiger partial charge in [-0.15, -0.1) is 11.3 Å². The van der Waals surface area contributed by atoms with E-state index in [0.29, 0.717) is 24.8 Å². The van der Waals surface area contributed by atoms with Crippen LogP contribution in [0.25, 0.3) is 10.7 Å². The monoisotopic (exact) mass is 319 g/mol. The summed E-state index contributed by atoms with van der Waals surface area (Å²) in [5.41, 5.74) is 0. The van der Waals surface area contributed by atoms with E-state index in [2.05, 4.69) is 16.7 Å². The molecule has 0 atom stereocenters. The number of nitrogens with zero attached hydrogens (tertiary/aromatic N) is 3. The summed E-state index contributed by atoms with van der Waals surface area (Å²) in [6.45, 7) is 5.05. The number of hydrogen-bond donors (Lipinski definition) is 0. The molecule has 6 nitrogen and oxygen atoms in total. The highest BCUT2D eigenvalue weighted by Crippen LogP contribution is 2.29. The van der Waals surface area contributed by atoms with Crippen LogP contribution in [0.3, 0.4) is 0 Å². The van der Waals surface area contributed by atoms with E-state index in [1.165, 1.54) is 0 Å². The van der Waals surface area contributed by atoms with Gasteiger partial charge in [0.2, 0.25) is 11.7 Å². The Morgan fingerprint density at radius 1 is 1.55 bits per heavy atom. The van der Waals surface area contributed by atoms with Crippen LogP contribution in [0.5, 0.6) is 0 Å². The Balaban J connectivity index is 1.57. The van der Waals surface area contributed by atoms with Gasteiger partial charge < -0.3 is 14.2 Å². The molecule has 1 aliphatic rings. The molecular formula is C15H17N3O3S. The summed E-state index contributed by atoms with van der Waals surface area (Å²) in [6.07, 6.45) is 2.88. The van der Waals surface area contributed by atoms with E-state index >= 15 is 0 Å². The van der Waals surface area contributed by atoms with Crippen LogP contribution in [-0.2, 0) is 4.74 Å². The number of carbonyl (C=O) groups excluding carboxylic acids is 1. The molecule has 116 valence electrons. The maximum absolute atomic E-state index is 11.8. The highest BCUT2D eigenvalue weighted by molar-refractivity contribution is 7.13. The van der Waals surface area contributed by atoms with Gasteiger partial charge in [-0.05, 0) is 24.3 Å². The summed E-state index contributed by atoms with van der Waals surface area (Å²) in [5.74, 6) is 1.49. The van der Waals surface area contributed by atoms with Crippen LogP contribution in [0, 0.1) is 0 Å². The Hall–Kier alpha value is -2.15. The van der Waals surface area contributed by atoms with Gasteiger partial charge in [-0.1, -0.05) is 23.9 Å². The molecule has 1 aliphatic heterocycles. The van der Waals surface area contributed by atoms with Crippen molar-refractivity contribution in [2.24, 2.45) is 0 Å². The summed E-state index contributed by atoms with van der Waals surface area (Å²) in [4.78, 5) is 19.0. The van der Waals surface area contributed by atoms with E-state index in [1.54, 1.807) is 22.3 Å². The van der Waals surface area contributed by atoms with E-state index in [9.17, 15) is 4.79 Å². The zero-order valence-corrected chi connectivity index (χ0v) is 12.9. The first-order valence-corrected chi connectivity index (χ1v) is 8.06. The SMILES string of the molecule is C=CCOC(=O)N1CCC(c2nc(-c3cccs3)no2)CC1. The number of ether oxygens (including phenoxy) is 1. The van der Waals surface area contributed by atoms with E-state index in [4.69, 9.17) is 9.26 Å². The van der Waals surface area contributed by atoms with Gasteiger partial charge >= 0.3 is 6.09 Å². The van der Waals surface area contributed by atoms with Gasteiger partial charge in [-0.3, -0.25) is 0 Å². The molecule has 2 aromatic heterocycles. The highest BCUT2D eigenvalue weighted by Gasteiger charge is 2.28. The van der Waals surface area contributed by atoms with Crippen molar-refractivity contribution >= 4 is 17.4 Å². The third-order valence-corrected chi connectivity index (χ3v) is 4.48. The molecular weight excluding hydrogens is 302 g/mol. The lowest BCUT2D eigenvalue weighted by molar-refractivity contribution is 0.0995. The maximum atomic E-state index is 11.8. The molecule has 22 heavy (non-hydrogen) atoms. The molecule has 3 heterocycles. The number of aromatic nitrogens is 2. The minimum atomic E-state index is -0.289. The second-order valence-corrected chi connectivity index (χ2v) is 6.01. The van der Waals surface area contributed by atoms with Gasteiger partial charge in [0.1, 0.15) is 6.61 Å². The molecule has 7 heteroatoms. The normalized spacial score (nSPS) is 15.7. The van der Waals surface area contributed by atoms with Gasteiger partial charge in [0, 0.05) is 19.0 Å². The van der Waals surface area contributed by atoms with Gasteiger partial charge in [0.15, 0.2) is 0 Å². The average Bonchev–Trinajstić information content (AvgIpc) is 3.23. The first-order valence-electron chi connectivity index (χ1n) is 7.18. The zero-order chi connectivity index (χ0) is 15.4. The first kappa shape index (κ1) is 14.8. The number of likely N-dealkylation sites (tertiary alicyclic amines) is 1. The fourth-order valence-electron chi connectivity index (χ4n) is 2.44. The van der Waals surface area contributed by atoms with Gasteiger partial charge in [0.05, 0.1) is 4.88 Å². The number of hydrogen-bond acceptors (Lipinski definition) is 6. The average molecular weight is 319 g/mol. The summed E-state index contributed by atoms with van der Waals surface area (Å²) >= 11 is 1.59. The number of amides is 1. The molecule has 0 unspecified atom stereocenters. The van der Waals surface area contributed by atoms with Crippen LogP contribution in [0.4, 0.5) is 4.79 Å². The third kappa shape index (κ3) is 3.19. The molecule has 0 N–H and O–H groups in total. The molecule has 0 aromatic carbocycles. The zero-order valence-electron chi connectivity index (χ0n) is 12.1. The molecule has 0 saturated carbocycles. The van der Waals surface area contributed by atoms with E-state index in [-0.39, 0.29) is 18.6 Å². The van der Waals surface area contributed by atoms with Gasteiger partial charge in [-0.25, -0.2) is 4.79 Å². The second kappa shape index (κ2) is 6.74. The predicted molar refractivity (Wildman–Crippen MR) is 82.7 cm³/mol. The lowest BCUT2D eigenvalue weighted by Crippen LogP contribution is -2.38. The third-order valence-electron chi connectivity index (χ3n) is 3.61. The Morgan fingerprint density at radius 3 is 3.05 bits per heavy atom. The minimum Gasteiger partial charge on any atom is -0.445 e. The Bertz CT molecular complexity index is 630. The minimum absolute atomic E-state index is 0.199. The summed E-state index contributed by atoms with van der Waals surface area (Å²) in [6, 6.07) is 3.93. The first-order chi connectivity index (χ1) is 10.8. The summed E-state index contributed by atoms with van der Waals surface area (Å²) in [7, 11) is 0. The lowest BCUT2D eigenvalue weighted by Gasteiger charge is -2.29. The van der Waals surface area contributed by atoms with E-state index in [0.717, 1.165) is 17.7 Å². The summed E-state index contributed by atoms with van der Waals surface area (Å²) in [5, 5.41) is 6.02. The molecule has 0 bridgehead atoms. The van der Waals surface area contributed by atoms with Crippen LogP contribution in [0.1, 0.15) is 24.7 Å². The Labute approximate surface area is 132 Å². The van der Waals surface area contributed by atoms with E-state index < -0.39 is 0 Å². The smallest absolute Gasteiger partial charge is 0.410 e. The van der Waals surface area contributed by atoms with Gasteiger partial charge in [-0.2, -0.15) is 4.98 Å². The van der Waals surface area contributed by atoms with Gasteiger partial charge in [0.25, 0.3) is 0 Å². The standard InChI is InChI=1S/C15H17N3O3S/c1-2-9-20-15(19)18-7-5-11(6-8-18)14-16-13(17-21-14)12-4-3-10-22-12/h2-4,10-11H,1,5-9H2. The van der Waals surface area contributed by atoms with Crippen molar-refractivity contribution in [3.63, 3.8) is 0 Å². The molecule has 1 saturated heterocycles. The van der Waals surface area contributed by atoms with Crippen LogP contribution in [0.2, 0.25) is 0 Å². The van der Waals surface area contributed by atoms with Crippen molar-refractivity contribution < 1.29 is 14.1 Å². The van der Waals surface area contributed by atoms with Crippen molar-refractivity contribution in [3.05, 3.63) is 36.1 Å².